The third kappa shape index (κ3) is 4.18. The molecular weight excluding hydrogens is 348 g/mol. The van der Waals surface area contributed by atoms with Crippen molar-refractivity contribution in [2.24, 2.45) is 0 Å². The summed E-state index contributed by atoms with van der Waals surface area (Å²) in [6.07, 6.45) is 2.60. The Morgan fingerprint density at radius 3 is 2.52 bits per heavy atom. The first-order valence-corrected chi connectivity index (χ1v) is 9.77. The van der Waals surface area contributed by atoms with Gasteiger partial charge in [-0.3, -0.25) is 9.59 Å². The Morgan fingerprint density at radius 1 is 0.926 bits per heavy atom. The molecule has 146 valence electrons. The summed E-state index contributed by atoms with van der Waals surface area (Å²) in [4.78, 5) is 29.0. The monoisotopic (exact) mass is 374 g/mol. The lowest BCUT2D eigenvalue weighted by molar-refractivity contribution is -0.141. The van der Waals surface area contributed by atoms with Gasteiger partial charge in [-0.1, -0.05) is 6.07 Å². The Morgan fingerprint density at radius 2 is 1.70 bits per heavy atom. The number of fused-ring (bicyclic) bond motifs is 1. The van der Waals surface area contributed by atoms with Crippen LogP contribution in [0.5, 0.6) is 11.5 Å². The maximum atomic E-state index is 12.7. The van der Waals surface area contributed by atoms with Crippen LogP contribution in [0.4, 0.5) is 0 Å². The largest absolute Gasteiger partial charge is 0.486 e. The van der Waals surface area contributed by atoms with Gasteiger partial charge in [0.25, 0.3) is 5.91 Å². The van der Waals surface area contributed by atoms with Crippen LogP contribution in [0, 0.1) is 0 Å². The van der Waals surface area contributed by atoms with E-state index in [1.54, 1.807) is 0 Å². The topological polar surface area (TPSA) is 68.3 Å². The second-order valence-electron chi connectivity index (χ2n) is 7.22. The van der Waals surface area contributed by atoms with E-state index in [1.807, 2.05) is 28.0 Å². The fourth-order valence-electron chi connectivity index (χ4n) is 3.85. The number of benzene rings is 1. The van der Waals surface area contributed by atoms with Crippen LogP contribution in [0.2, 0.25) is 0 Å². The minimum Gasteiger partial charge on any atom is -0.486 e. The third-order valence-electron chi connectivity index (χ3n) is 5.33. The highest BCUT2D eigenvalue weighted by atomic mass is 16.6. The lowest BCUT2D eigenvalue weighted by Gasteiger charge is -2.24. The first kappa shape index (κ1) is 18.1. The van der Waals surface area contributed by atoms with Gasteiger partial charge in [-0.2, -0.15) is 0 Å². The summed E-state index contributed by atoms with van der Waals surface area (Å²) in [5, 5.41) is 0. The molecule has 27 heavy (non-hydrogen) atoms. The van der Waals surface area contributed by atoms with Crippen LogP contribution in [-0.2, 0) is 20.7 Å². The molecule has 3 heterocycles. The summed E-state index contributed by atoms with van der Waals surface area (Å²) in [5.41, 5.74) is 0.917. The zero-order chi connectivity index (χ0) is 18.6. The average Bonchev–Trinajstić information content (AvgIpc) is 3.11. The fourth-order valence-corrected chi connectivity index (χ4v) is 3.85. The van der Waals surface area contributed by atoms with E-state index in [1.165, 1.54) is 0 Å². The molecule has 2 amide bonds. The molecule has 0 bridgehead atoms. The molecule has 7 nitrogen and oxygen atoms in total. The Labute approximate surface area is 159 Å². The molecule has 2 fully saturated rings. The first-order valence-electron chi connectivity index (χ1n) is 9.77. The molecule has 1 unspecified atom stereocenters. The van der Waals surface area contributed by atoms with Gasteiger partial charge in [0.2, 0.25) is 5.91 Å². The summed E-state index contributed by atoms with van der Waals surface area (Å²) in [6.45, 7) is 4.27. The number of carbonyl (C=O) groups is 2. The zero-order valence-corrected chi connectivity index (χ0v) is 15.5. The van der Waals surface area contributed by atoms with Crippen LogP contribution < -0.4 is 9.47 Å². The highest BCUT2D eigenvalue weighted by Crippen LogP contribution is 2.31. The fraction of sp³-hybridized carbons (Fsp3) is 0.600. The molecule has 3 aliphatic heterocycles. The molecule has 0 saturated carbocycles. The molecule has 3 aliphatic rings. The lowest BCUT2D eigenvalue weighted by Crippen LogP contribution is -2.42. The number of ether oxygens (including phenoxy) is 3. The van der Waals surface area contributed by atoms with Gasteiger partial charge < -0.3 is 24.0 Å². The Hall–Kier alpha value is -2.28. The van der Waals surface area contributed by atoms with Crippen molar-refractivity contribution in [3.63, 3.8) is 0 Å². The van der Waals surface area contributed by atoms with E-state index in [9.17, 15) is 9.59 Å². The van der Waals surface area contributed by atoms with Crippen molar-refractivity contribution < 1.29 is 23.8 Å². The van der Waals surface area contributed by atoms with Gasteiger partial charge in [0.1, 0.15) is 19.3 Å². The highest BCUT2D eigenvalue weighted by molar-refractivity contribution is 5.82. The van der Waals surface area contributed by atoms with Crippen LogP contribution in [0.1, 0.15) is 24.8 Å². The standard InChI is InChI=1S/C20H26N2O5/c23-19(14-15-4-5-16-18(13-15)27-12-11-26-16)21-6-2-7-22(9-8-21)20(24)17-3-1-10-25-17/h4-5,13,17H,1-3,6-12,14H2. The smallest absolute Gasteiger partial charge is 0.251 e. The molecule has 0 aliphatic carbocycles. The van der Waals surface area contributed by atoms with Crippen molar-refractivity contribution in [1.29, 1.82) is 0 Å². The van der Waals surface area contributed by atoms with Crippen molar-refractivity contribution in [3.05, 3.63) is 23.8 Å². The zero-order valence-electron chi connectivity index (χ0n) is 15.5. The predicted molar refractivity (Wildman–Crippen MR) is 97.9 cm³/mol. The number of hydrogen-bond donors (Lipinski definition) is 0. The van der Waals surface area contributed by atoms with Crippen LogP contribution >= 0.6 is 0 Å². The van der Waals surface area contributed by atoms with Gasteiger partial charge in [-0.05, 0) is 37.0 Å². The van der Waals surface area contributed by atoms with Gasteiger partial charge in [0.05, 0.1) is 6.42 Å². The number of amides is 2. The number of nitrogens with zero attached hydrogens (tertiary/aromatic N) is 2. The maximum absolute atomic E-state index is 12.7. The molecule has 0 N–H and O–H groups in total. The molecule has 0 spiro atoms. The van der Waals surface area contributed by atoms with Gasteiger partial charge in [0, 0.05) is 32.8 Å². The van der Waals surface area contributed by atoms with E-state index in [-0.39, 0.29) is 17.9 Å². The molecule has 4 rings (SSSR count). The van der Waals surface area contributed by atoms with Crippen molar-refractivity contribution in [2.45, 2.75) is 31.8 Å². The molecule has 1 atom stereocenters. The first-order chi connectivity index (χ1) is 13.2. The van der Waals surface area contributed by atoms with E-state index in [0.29, 0.717) is 58.2 Å². The van der Waals surface area contributed by atoms with Gasteiger partial charge in [0.15, 0.2) is 11.5 Å². The highest BCUT2D eigenvalue weighted by Gasteiger charge is 2.30. The summed E-state index contributed by atoms with van der Waals surface area (Å²) < 4.78 is 16.6. The third-order valence-corrected chi connectivity index (χ3v) is 5.33. The van der Waals surface area contributed by atoms with E-state index < -0.39 is 0 Å². The van der Waals surface area contributed by atoms with Crippen molar-refractivity contribution in [2.75, 3.05) is 46.0 Å². The van der Waals surface area contributed by atoms with Gasteiger partial charge >= 0.3 is 0 Å². The van der Waals surface area contributed by atoms with Gasteiger partial charge in [-0.15, -0.1) is 0 Å². The van der Waals surface area contributed by atoms with Crippen LogP contribution in [0.25, 0.3) is 0 Å². The van der Waals surface area contributed by atoms with Crippen LogP contribution in [0.3, 0.4) is 0 Å². The van der Waals surface area contributed by atoms with Crippen molar-refractivity contribution in [1.82, 2.24) is 9.80 Å². The average molecular weight is 374 g/mol. The number of hydrogen-bond acceptors (Lipinski definition) is 5. The van der Waals surface area contributed by atoms with E-state index >= 15 is 0 Å². The quantitative estimate of drug-likeness (QED) is 0.796. The molecule has 0 radical (unpaired) electrons. The normalized spacial score (nSPS) is 22.4. The molecule has 2 saturated heterocycles. The summed E-state index contributed by atoms with van der Waals surface area (Å²) in [7, 11) is 0. The van der Waals surface area contributed by atoms with E-state index in [4.69, 9.17) is 14.2 Å². The maximum Gasteiger partial charge on any atom is 0.251 e. The Bertz CT molecular complexity index is 702. The minimum atomic E-state index is -0.287. The van der Waals surface area contributed by atoms with Crippen LogP contribution in [-0.4, -0.2) is 73.7 Å². The molecule has 1 aromatic carbocycles. The Kier molecular flexibility index (Phi) is 5.48. The summed E-state index contributed by atoms with van der Waals surface area (Å²) in [5.74, 6) is 1.60. The second kappa shape index (κ2) is 8.17. The molecule has 0 aromatic heterocycles. The molecular formula is C20H26N2O5. The van der Waals surface area contributed by atoms with Gasteiger partial charge in [-0.25, -0.2) is 0 Å². The van der Waals surface area contributed by atoms with E-state index in [0.717, 1.165) is 30.6 Å². The summed E-state index contributed by atoms with van der Waals surface area (Å²) in [6, 6.07) is 5.66. The SMILES string of the molecule is O=C(Cc1ccc2c(c1)OCCO2)N1CCCN(C(=O)C2CCCO2)CC1. The second-order valence-corrected chi connectivity index (χ2v) is 7.22. The van der Waals surface area contributed by atoms with Crippen molar-refractivity contribution >= 4 is 11.8 Å². The van der Waals surface area contributed by atoms with Crippen LogP contribution in [0.15, 0.2) is 18.2 Å². The van der Waals surface area contributed by atoms with E-state index in [2.05, 4.69) is 0 Å². The number of rotatable bonds is 3. The van der Waals surface area contributed by atoms with Crippen molar-refractivity contribution in [3.8, 4) is 11.5 Å². The number of carbonyl (C=O) groups excluding carboxylic acids is 2. The Balaban J connectivity index is 1.33. The summed E-state index contributed by atoms with van der Waals surface area (Å²) >= 11 is 0. The predicted octanol–water partition coefficient (Wildman–Crippen LogP) is 1.24. The molecule has 1 aromatic rings. The molecule has 7 heteroatoms. The minimum absolute atomic E-state index is 0.0774. The lowest BCUT2D eigenvalue weighted by atomic mass is 10.1.